The molecule has 0 radical (unpaired) electrons. The predicted octanol–water partition coefficient (Wildman–Crippen LogP) is 3.59. The molecule has 6 heteroatoms. The van der Waals surface area contributed by atoms with Gasteiger partial charge in [-0.15, -0.1) is 0 Å². The lowest BCUT2D eigenvalue weighted by molar-refractivity contribution is 0.285. The summed E-state index contributed by atoms with van der Waals surface area (Å²) in [7, 11) is -3.53. The maximum Gasteiger partial charge on any atom is 0.240 e. The average Bonchev–Trinajstić information content (AvgIpc) is 2.90. The van der Waals surface area contributed by atoms with Crippen molar-refractivity contribution in [3.8, 4) is 0 Å². The fourth-order valence-electron chi connectivity index (χ4n) is 3.06. The number of anilines is 1. The highest BCUT2D eigenvalue weighted by molar-refractivity contribution is 9.10. The SMILES string of the molecule is CCC1(CNS(=O)(=O)c2cc(Br)cc(N)c2C)CCCC1. The zero-order chi connectivity index (χ0) is 15.7. The Morgan fingerprint density at radius 2 is 1.95 bits per heavy atom. The number of rotatable bonds is 5. The van der Waals surface area contributed by atoms with E-state index >= 15 is 0 Å². The summed E-state index contributed by atoms with van der Waals surface area (Å²) in [6, 6.07) is 3.33. The summed E-state index contributed by atoms with van der Waals surface area (Å²) in [6.45, 7) is 4.39. The molecule has 0 aromatic heterocycles. The fraction of sp³-hybridized carbons (Fsp3) is 0.600. The van der Waals surface area contributed by atoms with Gasteiger partial charge in [-0.3, -0.25) is 0 Å². The van der Waals surface area contributed by atoms with Gasteiger partial charge in [-0.05, 0) is 49.3 Å². The van der Waals surface area contributed by atoms with E-state index in [0.717, 1.165) is 19.3 Å². The number of hydrogen-bond donors (Lipinski definition) is 2. The number of nitrogens with one attached hydrogen (secondary N) is 1. The van der Waals surface area contributed by atoms with Crippen LogP contribution in [0.5, 0.6) is 0 Å². The molecule has 0 heterocycles. The fourth-order valence-corrected chi connectivity index (χ4v) is 5.14. The van der Waals surface area contributed by atoms with Gasteiger partial charge in [-0.25, -0.2) is 13.1 Å². The van der Waals surface area contributed by atoms with Gasteiger partial charge >= 0.3 is 0 Å². The molecular formula is C15H23BrN2O2S. The number of sulfonamides is 1. The Hall–Kier alpha value is -0.590. The third-order valence-corrected chi connectivity index (χ3v) is 6.69. The highest BCUT2D eigenvalue weighted by Gasteiger charge is 2.33. The molecule has 0 saturated heterocycles. The molecule has 21 heavy (non-hydrogen) atoms. The van der Waals surface area contributed by atoms with Crippen LogP contribution in [0.4, 0.5) is 5.69 Å². The maximum absolute atomic E-state index is 12.6. The summed E-state index contributed by atoms with van der Waals surface area (Å²) < 4.78 is 28.6. The Bertz CT molecular complexity index is 623. The van der Waals surface area contributed by atoms with E-state index in [0.29, 0.717) is 22.3 Å². The molecule has 0 bridgehead atoms. The Kier molecular flexibility index (Phi) is 5.00. The summed E-state index contributed by atoms with van der Waals surface area (Å²) in [6.07, 6.45) is 5.60. The quantitative estimate of drug-likeness (QED) is 0.773. The third-order valence-electron chi connectivity index (χ3n) is 4.71. The lowest BCUT2D eigenvalue weighted by Gasteiger charge is -2.27. The van der Waals surface area contributed by atoms with Crippen molar-refractivity contribution in [2.24, 2.45) is 5.41 Å². The molecule has 1 saturated carbocycles. The Labute approximate surface area is 135 Å². The van der Waals surface area contributed by atoms with Gasteiger partial charge in [-0.1, -0.05) is 35.7 Å². The largest absolute Gasteiger partial charge is 0.398 e. The molecule has 118 valence electrons. The zero-order valence-electron chi connectivity index (χ0n) is 12.6. The molecular weight excluding hydrogens is 352 g/mol. The average molecular weight is 375 g/mol. The van der Waals surface area contributed by atoms with Crippen molar-refractivity contribution in [3.05, 3.63) is 22.2 Å². The summed E-state index contributed by atoms with van der Waals surface area (Å²) >= 11 is 3.31. The first-order valence-corrected chi connectivity index (χ1v) is 9.62. The number of halogens is 1. The summed E-state index contributed by atoms with van der Waals surface area (Å²) in [4.78, 5) is 0.263. The Morgan fingerprint density at radius 3 is 2.52 bits per heavy atom. The van der Waals surface area contributed by atoms with Crippen molar-refractivity contribution in [1.29, 1.82) is 0 Å². The molecule has 3 N–H and O–H groups in total. The molecule has 1 aliphatic rings. The zero-order valence-corrected chi connectivity index (χ0v) is 15.0. The van der Waals surface area contributed by atoms with Crippen LogP contribution in [0, 0.1) is 12.3 Å². The van der Waals surface area contributed by atoms with E-state index in [1.807, 2.05) is 0 Å². The second-order valence-corrected chi connectivity index (χ2v) is 8.65. The van der Waals surface area contributed by atoms with Gasteiger partial charge < -0.3 is 5.73 Å². The van der Waals surface area contributed by atoms with Crippen LogP contribution in [0.1, 0.15) is 44.6 Å². The highest BCUT2D eigenvalue weighted by Crippen LogP contribution is 2.40. The number of nitrogens with two attached hydrogens (primary N) is 1. The van der Waals surface area contributed by atoms with Crippen LogP contribution < -0.4 is 10.5 Å². The van der Waals surface area contributed by atoms with E-state index in [-0.39, 0.29) is 10.3 Å². The lowest BCUT2D eigenvalue weighted by Crippen LogP contribution is -2.36. The second kappa shape index (κ2) is 6.26. The normalized spacial score (nSPS) is 18.0. The van der Waals surface area contributed by atoms with Crippen molar-refractivity contribution in [2.45, 2.75) is 50.8 Å². The van der Waals surface area contributed by atoms with Gasteiger partial charge in [0.05, 0.1) is 4.90 Å². The van der Waals surface area contributed by atoms with Gasteiger partial charge in [-0.2, -0.15) is 0 Å². The smallest absolute Gasteiger partial charge is 0.240 e. The molecule has 0 aliphatic heterocycles. The minimum atomic E-state index is -3.53. The minimum absolute atomic E-state index is 0.124. The molecule has 0 amide bonds. The molecule has 1 aromatic rings. The molecule has 0 unspecified atom stereocenters. The van der Waals surface area contributed by atoms with Crippen LogP contribution in [-0.2, 0) is 10.0 Å². The monoisotopic (exact) mass is 374 g/mol. The number of benzene rings is 1. The van der Waals surface area contributed by atoms with Crippen molar-refractivity contribution < 1.29 is 8.42 Å². The van der Waals surface area contributed by atoms with Crippen molar-refractivity contribution >= 4 is 31.6 Å². The predicted molar refractivity (Wildman–Crippen MR) is 89.7 cm³/mol. The van der Waals surface area contributed by atoms with Crippen LogP contribution in [-0.4, -0.2) is 15.0 Å². The Morgan fingerprint density at radius 1 is 1.33 bits per heavy atom. The second-order valence-electron chi connectivity index (χ2n) is 6.00. The van der Waals surface area contributed by atoms with Gasteiger partial charge in [0.1, 0.15) is 0 Å². The third kappa shape index (κ3) is 3.60. The number of hydrogen-bond acceptors (Lipinski definition) is 3. The van der Waals surface area contributed by atoms with Crippen LogP contribution >= 0.6 is 15.9 Å². The first-order valence-electron chi connectivity index (χ1n) is 7.35. The molecule has 4 nitrogen and oxygen atoms in total. The van der Waals surface area contributed by atoms with Gasteiger partial charge in [0, 0.05) is 16.7 Å². The Balaban J connectivity index is 2.23. The van der Waals surface area contributed by atoms with Crippen molar-refractivity contribution in [3.63, 3.8) is 0 Å². The van der Waals surface area contributed by atoms with E-state index in [2.05, 4.69) is 27.6 Å². The summed E-state index contributed by atoms with van der Waals surface area (Å²) in [5.74, 6) is 0. The summed E-state index contributed by atoms with van der Waals surface area (Å²) in [5, 5.41) is 0. The first-order chi connectivity index (χ1) is 9.80. The van der Waals surface area contributed by atoms with Gasteiger partial charge in [0.15, 0.2) is 0 Å². The van der Waals surface area contributed by atoms with E-state index in [1.165, 1.54) is 12.8 Å². The van der Waals surface area contributed by atoms with Crippen LogP contribution in [0.3, 0.4) is 0 Å². The van der Waals surface area contributed by atoms with E-state index < -0.39 is 10.0 Å². The molecule has 0 spiro atoms. The van der Waals surface area contributed by atoms with Crippen LogP contribution in [0.15, 0.2) is 21.5 Å². The van der Waals surface area contributed by atoms with Gasteiger partial charge in [0.2, 0.25) is 10.0 Å². The molecule has 1 aromatic carbocycles. The van der Waals surface area contributed by atoms with E-state index in [4.69, 9.17) is 5.73 Å². The van der Waals surface area contributed by atoms with Crippen LogP contribution in [0.25, 0.3) is 0 Å². The van der Waals surface area contributed by atoms with Crippen molar-refractivity contribution in [1.82, 2.24) is 4.72 Å². The van der Waals surface area contributed by atoms with Crippen molar-refractivity contribution in [2.75, 3.05) is 12.3 Å². The highest BCUT2D eigenvalue weighted by atomic mass is 79.9. The standard InChI is InChI=1S/C15H23BrN2O2S/c1-3-15(6-4-5-7-15)10-18-21(19,20)14-9-12(16)8-13(17)11(14)2/h8-9,18H,3-7,10,17H2,1-2H3. The van der Waals surface area contributed by atoms with E-state index in [9.17, 15) is 8.42 Å². The molecule has 1 fully saturated rings. The molecule has 0 atom stereocenters. The maximum atomic E-state index is 12.6. The lowest BCUT2D eigenvalue weighted by atomic mass is 9.84. The molecule has 2 rings (SSSR count). The first kappa shape index (κ1) is 16.8. The minimum Gasteiger partial charge on any atom is -0.398 e. The topological polar surface area (TPSA) is 72.2 Å². The van der Waals surface area contributed by atoms with Crippen LogP contribution in [0.2, 0.25) is 0 Å². The molecule has 1 aliphatic carbocycles. The summed E-state index contributed by atoms with van der Waals surface area (Å²) in [5.41, 5.74) is 7.07. The van der Waals surface area contributed by atoms with E-state index in [1.54, 1.807) is 19.1 Å². The number of nitrogen functional groups attached to an aromatic ring is 1. The van der Waals surface area contributed by atoms with Gasteiger partial charge in [0.25, 0.3) is 0 Å².